The van der Waals surface area contributed by atoms with E-state index in [0.29, 0.717) is 4.47 Å². The largest absolute Gasteiger partial charge is 0.271 e. The van der Waals surface area contributed by atoms with Gasteiger partial charge in [0.05, 0.1) is 10.5 Å². The molecule has 0 spiro atoms. The van der Waals surface area contributed by atoms with Crippen LogP contribution in [0.1, 0.15) is 22.0 Å². The SMILES string of the molecule is Cc1sccc1C(NN)c1ccc(F)c(Br)c1. The summed E-state index contributed by atoms with van der Waals surface area (Å²) >= 11 is 4.85. The highest BCUT2D eigenvalue weighted by Gasteiger charge is 2.16. The molecule has 90 valence electrons. The first-order chi connectivity index (χ1) is 8.13. The molecule has 0 aliphatic rings. The van der Waals surface area contributed by atoms with Gasteiger partial charge in [0.1, 0.15) is 5.82 Å². The molecule has 0 bridgehead atoms. The van der Waals surface area contributed by atoms with Crippen LogP contribution >= 0.6 is 27.3 Å². The first kappa shape index (κ1) is 12.7. The first-order valence-electron chi connectivity index (χ1n) is 5.08. The molecule has 3 N–H and O–H groups in total. The van der Waals surface area contributed by atoms with E-state index in [1.165, 1.54) is 10.9 Å². The number of rotatable bonds is 3. The number of nitrogens with one attached hydrogen (secondary N) is 1. The molecule has 5 heteroatoms. The maximum absolute atomic E-state index is 13.2. The fraction of sp³-hybridized carbons (Fsp3) is 0.167. The normalized spacial score (nSPS) is 12.7. The molecule has 2 rings (SSSR count). The van der Waals surface area contributed by atoms with Gasteiger partial charge < -0.3 is 0 Å². The Morgan fingerprint density at radius 1 is 1.41 bits per heavy atom. The zero-order valence-corrected chi connectivity index (χ0v) is 11.6. The van der Waals surface area contributed by atoms with Crippen LogP contribution in [0, 0.1) is 12.7 Å². The summed E-state index contributed by atoms with van der Waals surface area (Å²) in [4.78, 5) is 1.20. The monoisotopic (exact) mass is 314 g/mol. The zero-order chi connectivity index (χ0) is 12.4. The number of aryl methyl sites for hydroxylation is 1. The third-order valence-electron chi connectivity index (χ3n) is 2.65. The number of halogens is 2. The van der Waals surface area contributed by atoms with Crippen LogP contribution in [0.15, 0.2) is 34.1 Å². The number of hydrogen-bond acceptors (Lipinski definition) is 3. The predicted octanol–water partition coefficient (Wildman–Crippen LogP) is 3.51. The van der Waals surface area contributed by atoms with E-state index in [1.807, 2.05) is 18.4 Å². The molecule has 1 unspecified atom stereocenters. The summed E-state index contributed by atoms with van der Waals surface area (Å²) in [5.41, 5.74) is 4.83. The summed E-state index contributed by atoms with van der Waals surface area (Å²) in [7, 11) is 0. The molecule has 0 aliphatic heterocycles. The van der Waals surface area contributed by atoms with Gasteiger partial charge in [-0.3, -0.25) is 5.84 Å². The Labute approximate surface area is 112 Å². The molecule has 0 aliphatic carbocycles. The maximum atomic E-state index is 13.2. The Balaban J connectivity index is 2.42. The van der Waals surface area contributed by atoms with E-state index in [-0.39, 0.29) is 11.9 Å². The van der Waals surface area contributed by atoms with Crippen molar-refractivity contribution in [3.8, 4) is 0 Å². The van der Waals surface area contributed by atoms with Crippen molar-refractivity contribution in [1.82, 2.24) is 5.43 Å². The number of thiophene rings is 1. The highest BCUT2D eigenvalue weighted by atomic mass is 79.9. The second kappa shape index (κ2) is 5.27. The van der Waals surface area contributed by atoms with Crippen molar-refractivity contribution in [2.45, 2.75) is 13.0 Å². The maximum Gasteiger partial charge on any atom is 0.137 e. The minimum absolute atomic E-state index is 0.113. The van der Waals surface area contributed by atoms with Crippen molar-refractivity contribution >= 4 is 27.3 Å². The van der Waals surface area contributed by atoms with Crippen LogP contribution in [0.25, 0.3) is 0 Å². The summed E-state index contributed by atoms with van der Waals surface area (Å²) in [6.07, 6.45) is 0. The van der Waals surface area contributed by atoms with Crippen molar-refractivity contribution in [3.63, 3.8) is 0 Å². The molecule has 17 heavy (non-hydrogen) atoms. The average molecular weight is 315 g/mol. The van der Waals surface area contributed by atoms with Crippen molar-refractivity contribution in [1.29, 1.82) is 0 Å². The van der Waals surface area contributed by atoms with Crippen LogP contribution in [0.3, 0.4) is 0 Å². The molecule has 1 atom stereocenters. The minimum Gasteiger partial charge on any atom is -0.271 e. The van der Waals surface area contributed by atoms with Crippen LogP contribution < -0.4 is 11.3 Å². The van der Waals surface area contributed by atoms with E-state index < -0.39 is 0 Å². The fourth-order valence-electron chi connectivity index (χ4n) is 1.75. The second-order valence-corrected chi connectivity index (χ2v) is 5.68. The minimum atomic E-state index is -0.272. The lowest BCUT2D eigenvalue weighted by atomic mass is 10.0. The van der Waals surface area contributed by atoms with E-state index >= 15 is 0 Å². The van der Waals surface area contributed by atoms with Gasteiger partial charge in [-0.1, -0.05) is 6.07 Å². The summed E-state index contributed by atoms with van der Waals surface area (Å²) in [6, 6.07) is 6.84. The first-order valence-corrected chi connectivity index (χ1v) is 6.76. The van der Waals surface area contributed by atoms with E-state index in [2.05, 4.69) is 21.4 Å². The highest BCUT2D eigenvalue weighted by Crippen LogP contribution is 2.29. The number of hydrazine groups is 1. The molecule has 0 amide bonds. The van der Waals surface area contributed by atoms with Gasteiger partial charge in [0, 0.05) is 4.88 Å². The van der Waals surface area contributed by atoms with Crippen molar-refractivity contribution in [3.05, 3.63) is 55.9 Å². The molecule has 2 nitrogen and oxygen atoms in total. The van der Waals surface area contributed by atoms with E-state index in [0.717, 1.165) is 11.1 Å². The molecule has 0 saturated carbocycles. The van der Waals surface area contributed by atoms with E-state index in [4.69, 9.17) is 5.84 Å². The molecular formula is C12H12BrFN2S. The molecule has 1 aromatic heterocycles. The van der Waals surface area contributed by atoms with Crippen molar-refractivity contribution < 1.29 is 4.39 Å². The highest BCUT2D eigenvalue weighted by molar-refractivity contribution is 9.10. The number of benzene rings is 1. The molecular weight excluding hydrogens is 303 g/mol. The molecule has 0 fully saturated rings. The Bertz CT molecular complexity index is 527. The van der Waals surface area contributed by atoms with Gasteiger partial charge in [-0.2, -0.15) is 0 Å². The molecule has 1 aromatic carbocycles. The fourth-order valence-corrected chi connectivity index (χ4v) is 2.89. The van der Waals surface area contributed by atoms with Gasteiger partial charge in [-0.15, -0.1) is 11.3 Å². The lowest BCUT2D eigenvalue weighted by Gasteiger charge is -2.17. The number of hydrogen-bond donors (Lipinski definition) is 2. The quantitative estimate of drug-likeness (QED) is 0.672. The van der Waals surface area contributed by atoms with E-state index in [9.17, 15) is 4.39 Å². The topological polar surface area (TPSA) is 38.0 Å². The standard InChI is InChI=1S/C12H12BrFN2S/c1-7-9(4-5-17-7)12(16-15)8-2-3-11(14)10(13)6-8/h2-6,12,16H,15H2,1H3. The van der Waals surface area contributed by atoms with Gasteiger partial charge in [-0.25, -0.2) is 9.82 Å². The summed E-state index contributed by atoms with van der Waals surface area (Å²) < 4.78 is 13.6. The Morgan fingerprint density at radius 2 is 2.18 bits per heavy atom. The Hall–Kier alpha value is -0.750. The predicted molar refractivity (Wildman–Crippen MR) is 72.3 cm³/mol. The molecule has 1 heterocycles. The van der Waals surface area contributed by atoms with Crippen molar-refractivity contribution in [2.75, 3.05) is 0 Å². The smallest absolute Gasteiger partial charge is 0.137 e. The van der Waals surface area contributed by atoms with Gasteiger partial charge in [0.2, 0.25) is 0 Å². The van der Waals surface area contributed by atoms with E-state index in [1.54, 1.807) is 23.5 Å². The summed E-state index contributed by atoms with van der Waals surface area (Å²) in [5, 5.41) is 2.02. The van der Waals surface area contributed by atoms with Gasteiger partial charge in [0.15, 0.2) is 0 Å². The van der Waals surface area contributed by atoms with Gasteiger partial charge in [0.25, 0.3) is 0 Å². The second-order valence-electron chi connectivity index (χ2n) is 3.71. The molecule has 0 radical (unpaired) electrons. The molecule has 0 saturated heterocycles. The Kier molecular flexibility index (Phi) is 3.93. The third-order valence-corrected chi connectivity index (χ3v) is 4.12. The number of nitrogens with two attached hydrogens (primary N) is 1. The zero-order valence-electron chi connectivity index (χ0n) is 9.21. The van der Waals surface area contributed by atoms with Crippen LogP contribution in [0.4, 0.5) is 4.39 Å². The van der Waals surface area contributed by atoms with Crippen LogP contribution in [-0.2, 0) is 0 Å². The van der Waals surface area contributed by atoms with Gasteiger partial charge in [-0.05, 0) is 57.6 Å². The summed E-state index contributed by atoms with van der Waals surface area (Å²) in [5.74, 6) is 5.33. The van der Waals surface area contributed by atoms with Crippen LogP contribution in [0.2, 0.25) is 0 Å². The third kappa shape index (κ3) is 2.57. The Morgan fingerprint density at radius 3 is 2.71 bits per heavy atom. The van der Waals surface area contributed by atoms with Crippen LogP contribution in [0.5, 0.6) is 0 Å². The molecule has 2 aromatic rings. The van der Waals surface area contributed by atoms with Crippen molar-refractivity contribution in [2.24, 2.45) is 5.84 Å². The lowest BCUT2D eigenvalue weighted by Crippen LogP contribution is -2.29. The summed E-state index contributed by atoms with van der Waals surface area (Å²) in [6.45, 7) is 2.04. The lowest BCUT2D eigenvalue weighted by molar-refractivity contribution is 0.610. The van der Waals surface area contributed by atoms with Crippen LogP contribution in [-0.4, -0.2) is 0 Å². The average Bonchev–Trinajstić information content (AvgIpc) is 2.71. The van der Waals surface area contributed by atoms with Gasteiger partial charge >= 0.3 is 0 Å².